The molecule has 2 heterocycles. The van der Waals surface area contributed by atoms with E-state index in [4.69, 9.17) is 0 Å². The minimum Gasteiger partial charge on any atom is -0.340 e. The van der Waals surface area contributed by atoms with E-state index in [2.05, 4.69) is 20.2 Å². The Morgan fingerprint density at radius 2 is 2.00 bits per heavy atom. The van der Waals surface area contributed by atoms with Crippen LogP contribution in [0.4, 0.5) is 5.95 Å². The van der Waals surface area contributed by atoms with Gasteiger partial charge in [-0.1, -0.05) is 0 Å². The second-order valence-electron chi connectivity index (χ2n) is 4.41. The van der Waals surface area contributed by atoms with Gasteiger partial charge in [-0.25, -0.2) is 4.98 Å². The minimum absolute atomic E-state index is 0.0658. The zero-order chi connectivity index (χ0) is 11.0. The molecule has 1 fully saturated rings. The molecule has 0 radical (unpaired) electrons. The van der Waals surface area contributed by atoms with Crippen LogP contribution in [0.15, 0.2) is 4.79 Å². The van der Waals surface area contributed by atoms with Crippen LogP contribution >= 0.6 is 0 Å². The highest BCUT2D eigenvalue weighted by atomic mass is 16.1. The number of anilines is 1. The number of aryl methyl sites for hydroxylation is 1. The van der Waals surface area contributed by atoms with Crippen LogP contribution in [0.1, 0.15) is 17.7 Å². The average molecular weight is 220 g/mol. The molecule has 2 N–H and O–H groups in total. The lowest BCUT2D eigenvalue weighted by Crippen LogP contribution is -2.45. The molecule has 0 saturated carbocycles. The van der Waals surface area contributed by atoms with Crippen LogP contribution < -0.4 is 15.8 Å². The molecular formula is C11H16N4O. The minimum atomic E-state index is 0.0658. The molecule has 1 aliphatic heterocycles. The average Bonchev–Trinajstić information content (AvgIpc) is 2.79. The van der Waals surface area contributed by atoms with E-state index in [9.17, 15) is 4.79 Å². The lowest BCUT2D eigenvalue weighted by molar-refractivity contribution is 0.578. The van der Waals surface area contributed by atoms with Crippen molar-refractivity contribution in [3.05, 3.63) is 21.6 Å². The number of nitrogens with zero attached hydrogens (tertiary/aromatic N) is 2. The third-order valence-corrected chi connectivity index (χ3v) is 3.35. The largest absolute Gasteiger partial charge is 0.340 e. The van der Waals surface area contributed by atoms with Gasteiger partial charge in [-0.2, -0.15) is 0 Å². The van der Waals surface area contributed by atoms with E-state index in [1.54, 1.807) is 0 Å². The van der Waals surface area contributed by atoms with Gasteiger partial charge in [-0.15, -0.1) is 0 Å². The van der Waals surface area contributed by atoms with Crippen molar-refractivity contribution < 1.29 is 0 Å². The first-order valence-electron chi connectivity index (χ1n) is 5.92. The summed E-state index contributed by atoms with van der Waals surface area (Å²) in [6.07, 6.45) is 2.91. The molecule has 16 heavy (non-hydrogen) atoms. The van der Waals surface area contributed by atoms with Crippen LogP contribution in [0.5, 0.6) is 0 Å². The van der Waals surface area contributed by atoms with Crippen molar-refractivity contribution in [3.8, 4) is 0 Å². The van der Waals surface area contributed by atoms with E-state index in [1.165, 1.54) is 0 Å². The summed E-state index contributed by atoms with van der Waals surface area (Å²) in [6, 6.07) is 0. The van der Waals surface area contributed by atoms with Crippen molar-refractivity contribution in [1.29, 1.82) is 0 Å². The molecule has 0 spiro atoms. The standard InChI is InChI=1S/C11H16N4O/c16-10-8-2-1-3-9(8)13-11(14-10)15-6-4-12-5-7-15/h12H,1-7H2,(H,13,14,16). The highest BCUT2D eigenvalue weighted by molar-refractivity contribution is 5.35. The third kappa shape index (κ3) is 1.61. The molecule has 1 aliphatic carbocycles. The number of hydrogen-bond acceptors (Lipinski definition) is 4. The van der Waals surface area contributed by atoms with Crippen molar-refractivity contribution in [2.24, 2.45) is 0 Å². The third-order valence-electron chi connectivity index (χ3n) is 3.35. The number of piperazine rings is 1. The normalized spacial score (nSPS) is 19.9. The molecule has 0 aromatic carbocycles. The highest BCUT2D eigenvalue weighted by Crippen LogP contribution is 2.18. The Labute approximate surface area is 93.9 Å². The van der Waals surface area contributed by atoms with Gasteiger partial charge in [-0.3, -0.25) is 9.78 Å². The number of aromatic nitrogens is 2. The van der Waals surface area contributed by atoms with Gasteiger partial charge in [0.1, 0.15) is 0 Å². The fourth-order valence-corrected chi connectivity index (χ4v) is 2.45. The Bertz CT molecular complexity index is 448. The van der Waals surface area contributed by atoms with Crippen molar-refractivity contribution in [3.63, 3.8) is 0 Å². The summed E-state index contributed by atoms with van der Waals surface area (Å²) in [7, 11) is 0. The SMILES string of the molecule is O=c1[nH]c(N2CCNCC2)nc2c1CCC2. The van der Waals surface area contributed by atoms with Gasteiger partial charge >= 0.3 is 0 Å². The molecule has 5 heteroatoms. The van der Waals surface area contributed by atoms with Gasteiger partial charge in [-0.05, 0) is 19.3 Å². The van der Waals surface area contributed by atoms with Crippen LogP contribution in [0, 0.1) is 0 Å². The summed E-state index contributed by atoms with van der Waals surface area (Å²) < 4.78 is 0. The Morgan fingerprint density at radius 3 is 2.81 bits per heavy atom. The monoisotopic (exact) mass is 220 g/mol. The van der Waals surface area contributed by atoms with E-state index in [0.29, 0.717) is 0 Å². The quantitative estimate of drug-likeness (QED) is 0.680. The summed E-state index contributed by atoms with van der Waals surface area (Å²) in [6.45, 7) is 3.76. The summed E-state index contributed by atoms with van der Waals surface area (Å²) in [4.78, 5) is 21.5. The van der Waals surface area contributed by atoms with Gasteiger partial charge in [0.05, 0.1) is 5.69 Å². The van der Waals surface area contributed by atoms with E-state index >= 15 is 0 Å². The first-order chi connectivity index (χ1) is 7.84. The summed E-state index contributed by atoms with van der Waals surface area (Å²) >= 11 is 0. The molecule has 2 aliphatic rings. The van der Waals surface area contributed by atoms with Crippen LogP contribution in [0.2, 0.25) is 0 Å². The van der Waals surface area contributed by atoms with Crippen LogP contribution in [-0.4, -0.2) is 36.1 Å². The Morgan fingerprint density at radius 1 is 1.19 bits per heavy atom. The molecular weight excluding hydrogens is 204 g/mol. The maximum atomic E-state index is 11.8. The first kappa shape index (κ1) is 9.84. The van der Waals surface area contributed by atoms with Crippen LogP contribution in [0.3, 0.4) is 0 Å². The second-order valence-corrected chi connectivity index (χ2v) is 4.41. The van der Waals surface area contributed by atoms with Crippen LogP contribution in [0.25, 0.3) is 0 Å². The van der Waals surface area contributed by atoms with Gasteiger partial charge in [0.15, 0.2) is 0 Å². The van der Waals surface area contributed by atoms with E-state index < -0.39 is 0 Å². The molecule has 0 unspecified atom stereocenters. The van der Waals surface area contributed by atoms with E-state index in [1.807, 2.05) is 0 Å². The number of rotatable bonds is 1. The number of H-pyrrole nitrogens is 1. The predicted molar refractivity (Wildman–Crippen MR) is 62.0 cm³/mol. The second kappa shape index (κ2) is 3.90. The zero-order valence-corrected chi connectivity index (χ0v) is 9.25. The van der Waals surface area contributed by atoms with Gasteiger partial charge in [0.25, 0.3) is 5.56 Å². The van der Waals surface area contributed by atoms with Gasteiger partial charge in [0.2, 0.25) is 5.95 Å². The molecule has 0 atom stereocenters. The molecule has 86 valence electrons. The fourth-order valence-electron chi connectivity index (χ4n) is 2.45. The number of fused-ring (bicyclic) bond motifs is 1. The highest BCUT2D eigenvalue weighted by Gasteiger charge is 2.20. The molecule has 0 bridgehead atoms. The van der Waals surface area contributed by atoms with Crippen molar-refractivity contribution in [2.75, 3.05) is 31.1 Å². The Hall–Kier alpha value is -1.36. The summed E-state index contributed by atoms with van der Waals surface area (Å²) in [5.41, 5.74) is 1.98. The molecule has 0 amide bonds. The predicted octanol–water partition coefficient (Wildman–Crippen LogP) is -0.332. The first-order valence-corrected chi connectivity index (χ1v) is 5.92. The molecule has 1 aromatic heterocycles. The molecule has 3 rings (SSSR count). The maximum absolute atomic E-state index is 11.8. The zero-order valence-electron chi connectivity index (χ0n) is 9.25. The van der Waals surface area contributed by atoms with E-state index in [-0.39, 0.29) is 5.56 Å². The summed E-state index contributed by atoms with van der Waals surface area (Å²) in [5, 5.41) is 3.29. The van der Waals surface area contributed by atoms with Gasteiger partial charge in [0, 0.05) is 31.7 Å². The number of aromatic amines is 1. The van der Waals surface area contributed by atoms with Crippen molar-refractivity contribution >= 4 is 5.95 Å². The fraction of sp³-hybridized carbons (Fsp3) is 0.636. The number of hydrogen-bond donors (Lipinski definition) is 2. The maximum Gasteiger partial charge on any atom is 0.255 e. The molecule has 1 aromatic rings. The smallest absolute Gasteiger partial charge is 0.255 e. The van der Waals surface area contributed by atoms with Gasteiger partial charge < -0.3 is 10.2 Å². The van der Waals surface area contributed by atoms with Crippen molar-refractivity contribution in [1.82, 2.24) is 15.3 Å². The van der Waals surface area contributed by atoms with E-state index in [0.717, 1.165) is 62.6 Å². The van der Waals surface area contributed by atoms with Crippen molar-refractivity contribution in [2.45, 2.75) is 19.3 Å². The Balaban J connectivity index is 1.96. The number of nitrogens with one attached hydrogen (secondary N) is 2. The molecule has 1 saturated heterocycles. The lowest BCUT2D eigenvalue weighted by Gasteiger charge is -2.27. The topological polar surface area (TPSA) is 61.0 Å². The lowest BCUT2D eigenvalue weighted by atomic mass is 10.2. The summed E-state index contributed by atoms with van der Waals surface area (Å²) in [5.74, 6) is 0.757. The van der Waals surface area contributed by atoms with Crippen LogP contribution in [-0.2, 0) is 12.8 Å². The molecule has 5 nitrogen and oxygen atoms in total. The Kier molecular flexibility index (Phi) is 2.40.